The van der Waals surface area contributed by atoms with Crippen molar-refractivity contribution in [2.24, 2.45) is 0 Å². The van der Waals surface area contributed by atoms with Crippen LogP contribution in [-0.4, -0.2) is 63.7 Å². The van der Waals surface area contributed by atoms with Crippen LogP contribution in [0.15, 0.2) is 78.1 Å². The Morgan fingerprint density at radius 2 is 1.73 bits per heavy atom. The monoisotopic (exact) mass is 705 g/mol. The SMILES string of the molecule is COc1ccc(CN(c2ccncn2)S(=O)(=O)c2cc(F)c(N[C@H]3CCC(c4cccc(C(F)(F)F)c4)C[C@@H]3N(C)C)cc2F)c(OC)c1. The summed E-state index contributed by atoms with van der Waals surface area (Å²) >= 11 is 0. The number of anilines is 2. The van der Waals surface area contributed by atoms with Gasteiger partial charge >= 0.3 is 6.18 Å². The van der Waals surface area contributed by atoms with E-state index in [0.717, 1.165) is 28.8 Å². The van der Waals surface area contributed by atoms with Crippen LogP contribution in [-0.2, 0) is 22.7 Å². The maximum atomic E-state index is 15.8. The van der Waals surface area contributed by atoms with Crippen molar-refractivity contribution in [3.05, 3.63) is 102 Å². The van der Waals surface area contributed by atoms with Crippen LogP contribution in [0.1, 0.15) is 41.9 Å². The molecule has 0 radical (unpaired) electrons. The summed E-state index contributed by atoms with van der Waals surface area (Å²) in [5.74, 6) is -1.68. The summed E-state index contributed by atoms with van der Waals surface area (Å²) in [6.45, 7) is -0.340. The van der Waals surface area contributed by atoms with Crippen molar-refractivity contribution in [2.45, 2.75) is 54.9 Å². The van der Waals surface area contributed by atoms with Crippen LogP contribution in [0.5, 0.6) is 11.5 Å². The van der Waals surface area contributed by atoms with Crippen LogP contribution >= 0.6 is 0 Å². The number of ether oxygens (including phenoxy) is 2. The molecule has 1 aliphatic carbocycles. The average molecular weight is 706 g/mol. The molecule has 1 N–H and O–H groups in total. The van der Waals surface area contributed by atoms with Gasteiger partial charge in [-0.05, 0) is 69.1 Å². The first kappa shape index (κ1) is 35.8. The summed E-state index contributed by atoms with van der Waals surface area (Å²) < 4.78 is 111. The predicted octanol–water partition coefficient (Wildman–Crippen LogP) is 6.86. The minimum atomic E-state index is -4.75. The molecule has 1 unspecified atom stereocenters. The third-order valence-corrected chi connectivity index (χ3v) is 10.5. The van der Waals surface area contributed by atoms with Crippen molar-refractivity contribution in [1.82, 2.24) is 14.9 Å². The number of nitrogens with zero attached hydrogens (tertiary/aromatic N) is 4. The van der Waals surface area contributed by atoms with Crippen molar-refractivity contribution < 1.29 is 39.8 Å². The van der Waals surface area contributed by atoms with Crippen LogP contribution in [0.25, 0.3) is 0 Å². The molecular formula is C34H36F5N5O4S. The van der Waals surface area contributed by atoms with Crippen molar-refractivity contribution in [2.75, 3.05) is 37.9 Å². The largest absolute Gasteiger partial charge is 0.497 e. The molecule has 1 saturated carbocycles. The highest BCUT2D eigenvalue weighted by atomic mass is 32.2. The van der Waals surface area contributed by atoms with E-state index in [1.54, 1.807) is 38.4 Å². The molecule has 0 aliphatic heterocycles. The second kappa shape index (κ2) is 14.5. The van der Waals surface area contributed by atoms with Crippen molar-refractivity contribution in [1.29, 1.82) is 0 Å². The Labute approximate surface area is 281 Å². The van der Waals surface area contributed by atoms with E-state index in [2.05, 4.69) is 15.3 Å². The van der Waals surface area contributed by atoms with Gasteiger partial charge in [-0.25, -0.2) is 31.5 Å². The van der Waals surface area contributed by atoms with Crippen LogP contribution in [0.3, 0.4) is 0 Å². The summed E-state index contributed by atoms with van der Waals surface area (Å²) in [5, 5.41) is 3.04. The second-order valence-electron chi connectivity index (χ2n) is 11.9. The van der Waals surface area contributed by atoms with Crippen molar-refractivity contribution >= 4 is 21.5 Å². The number of halogens is 5. The number of hydrogen-bond acceptors (Lipinski definition) is 8. The molecule has 3 aromatic carbocycles. The number of nitrogens with one attached hydrogen (secondary N) is 1. The average Bonchev–Trinajstić information content (AvgIpc) is 3.08. The van der Waals surface area contributed by atoms with Gasteiger partial charge in [0, 0.05) is 42.0 Å². The molecule has 262 valence electrons. The number of sulfonamides is 1. The molecule has 5 rings (SSSR count). The van der Waals surface area contributed by atoms with E-state index in [4.69, 9.17) is 9.47 Å². The molecule has 1 heterocycles. The lowest BCUT2D eigenvalue weighted by molar-refractivity contribution is -0.137. The number of aromatic nitrogens is 2. The molecular weight excluding hydrogens is 669 g/mol. The van der Waals surface area contributed by atoms with Gasteiger partial charge in [0.1, 0.15) is 40.2 Å². The highest BCUT2D eigenvalue weighted by molar-refractivity contribution is 7.92. The number of rotatable bonds is 11. The number of likely N-dealkylation sites (N-methyl/N-ethyl adjacent to an activating group) is 1. The molecule has 0 saturated heterocycles. The lowest BCUT2D eigenvalue weighted by Gasteiger charge is -2.41. The highest BCUT2D eigenvalue weighted by Gasteiger charge is 2.36. The Morgan fingerprint density at radius 3 is 2.39 bits per heavy atom. The molecule has 9 nitrogen and oxygen atoms in total. The Bertz CT molecular complexity index is 1880. The maximum Gasteiger partial charge on any atom is 0.416 e. The number of hydrogen-bond donors (Lipinski definition) is 1. The molecule has 0 bridgehead atoms. The van der Waals surface area contributed by atoms with E-state index in [1.807, 2.05) is 4.90 Å². The van der Waals surface area contributed by atoms with Gasteiger partial charge in [0.25, 0.3) is 10.0 Å². The van der Waals surface area contributed by atoms with Gasteiger partial charge in [0.15, 0.2) is 0 Å². The molecule has 3 atom stereocenters. The van der Waals surface area contributed by atoms with Crippen LogP contribution in [0.4, 0.5) is 33.5 Å². The topological polar surface area (TPSA) is 96.9 Å². The summed E-state index contributed by atoms with van der Waals surface area (Å²) in [6.07, 6.45) is -0.603. The fourth-order valence-corrected chi connectivity index (χ4v) is 7.63. The third-order valence-electron chi connectivity index (χ3n) is 8.73. The Morgan fingerprint density at radius 1 is 0.959 bits per heavy atom. The Kier molecular flexibility index (Phi) is 10.6. The predicted molar refractivity (Wildman–Crippen MR) is 174 cm³/mol. The quantitative estimate of drug-likeness (QED) is 0.169. The first-order valence-electron chi connectivity index (χ1n) is 15.3. The minimum Gasteiger partial charge on any atom is -0.497 e. The Hall–Kier alpha value is -4.50. The zero-order valence-corrected chi connectivity index (χ0v) is 28.0. The molecule has 0 spiro atoms. The van der Waals surface area contributed by atoms with Gasteiger partial charge in [-0.3, -0.25) is 0 Å². The number of alkyl halides is 3. The molecule has 49 heavy (non-hydrogen) atoms. The van der Waals surface area contributed by atoms with E-state index in [1.165, 1.54) is 32.5 Å². The standard InChI is InChI=1S/C34H36F5N5O4S/c1-43(2)30-15-22(21-6-5-7-24(14-21)34(37,38)39)9-11-28(30)42-29-17-27(36)32(18-26(29)35)49(45,46)44(33-12-13-40-20-41-33)19-23-8-10-25(47-3)16-31(23)48-4/h5-8,10,12-14,16-18,20,22,28,30,42H,9,11,15,19H2,1-4H3/t22?,28-,30-/m0/s1. The molecule has 15 heteroatoms. The molecule has 1 aromatic heterocycles. The Balaban J connectivity index is 1.42. The zero-order chi connectivity index (χ0) is 35.5. The van der Waals surface area contributed by atoms with E-state index in [0.29, 0.717) is 48.0 Å². The highest BCUT2D eigenvalue weighted by Crippen LogP contribution is 2.39. The smallest absolute Gasteiger partial charge is 0.416 e. The van der Waals surface area contributed by atoms with Crippen LogP contribution < -0.4 is 19.1 Å². The first-order chi connectivity index (χ1) is 23.2. The molecule has 1 aliphatic rings. The number of methoxy groups -OCH3 is 2. The van der Waals surface area contributed by atoms with Crippen molar-refractivity contribution in [3.63, 3.8) is 0 Å². The molecule has 4 aromatic rings. The fraction of sp³-hybridized carbons (Fsp3) is 0.353. The number of benzene rings is 3. The van der Waals surface area contributed by atoms with E-state index < -0.39 is 44.3 Å². The van der Waals surface area contributed by atoms with Gasteiger partial charge in [0.2, 0.25) is 0 Å². The summed E-state index contributed by atoms with van der Waals surface area (Å²) in [4.78, 5) is 8.87. The summed E-state index contributed by atoms with van der Waals surface area (Å²) in [6, 6.07) is 12.1. The van der Waals surface area contributed by atoms with Crippen LogP contribution in [0.2, 0.25) is 0 Å². The minimum absolute atomic E-state index is 0.0822. The van der Waals surface area contributed by atoms with E-state index >= 15 is 8.78 Å². The summed E-state index contributed by atoms with van der Waals surface area (Å²) in [5.41, 5.74) is 0.00408. The summed E-state index contributed by atoms with van der Waals surface area (Å²) in [7, 11) is 1.73. The first-order valence-corrected chi connectivity index (χ1v) is 16.8. The third kappa shape index (κ3) is 7.88. The van der Waals surface area contributed by atoms with Gasteiger partial charge in [-0.1, -0.05) is 18.2 Å². The lowest BCUT2D eigenvalue weighted by Crippen LogP contribution is -2.47. The molecule has 0 amide bonds. The maximum absolute atomic E-state index is 15.8. The van der Waals surface area contributed by atoms with E-state index in [-0.39, 0.29) is 30.0 Å². The zero-order valence-electron chi connectivity index (χ0n) is 27.2. The van der Waals surface area contributed by atoms with Gasteiger partial charge in [-0.2, -0.15) is 13.2 Å². The fourth-order valence-electron chi connectivity index (χ4n) is 6.17. The second-order valence-corrected chi connectivity index (χ2v) is 13.8. The molecule has 1 fully saturated rings. The van der Waals surface area contributed by atoms with Gasteiger partial charge in [-0.15, -0.1) is 0 Å². The van der Waals surface area contributed by atoms with Gasteiger partial charge < -0.3 is 19.7 Å². The lowest BCUT2D eigenvalue weighted by atomic mass is 9.78. The normalized spacial score (nSPS) is 18.3. The van der Waals surface area contributed by atoms with Gasteiger partial charge in [0.05, 0.1) is 32.0 Å². The van der Waals surface area contributed by atoms with E-state index in [9.17, 15) is 21.6 Å². The van der Waals surface area contributed by atoms with Crippen LogP contribution in [0, 0.1) is 11.6 Å². The van der Waals surface area contributed by atoms with Crippen molar-refractivity contribution in [3.8, 4) is 11.5 Å².